The van der Waals surface area contributed by atoms with Gasteiger partial charge in [0.25, 0.3) is 5.89 Å². The fourth-order valence-corrected chi connectivity index (χ4v) is 3.52. The molecule has 6 aromatic rings. The summed E-state index contributed by atoms with van der Waals surface area (Å²) in [5, 5.41) is 3.06. The molecule has 128 valence electrons. The Morgan fingerprint density at radius 3 is 2.44 bits per heavy atom. The molecule has 3 aromatic carbocycles. The standard InChI is InChI=1S/C23H13NO3/c1-3-8-16-15(7-1)13-25-22(16)23-24-21-17(9-5-11-19(21)27-23)20-12-14-6-2-4-10-18(14)26-20/h1-13H. The molecular formula is C23H13NO3. The third-order valence-corrected chi connectivity index (χ3v) is 4.81. The van der Waals surface area contributed by atoms with Gasteiger partial charge in [0.15, 0.2) is 11.3 Å². The Kier molecular flexibility index (Phi) is 2.85. The van der Waals surface area contributed by atoms with Crippen LogP contribution in [-0.4, -0.2) is 4.98 Å². The summed E-state index contributed by atoms with van der Waals surface area (Å²) in [6.45, 7) is 0. The number of oxazole rings is 1. The number of hydrogen-bond donors (Lipinski definition) is 0. The van der Waals surface area contributed by atoms with E-state index in [9.17, 15) is 0 Å². The van der Waals surface area contributed by atoms with E-state index in [1.807, 2.05) is 72.8 Å². The molecule has 0 aliphatic rings. The minimum atomic E-state index is 0.467. The molecule has 0 fully saturated rings. The van der Waals surface area contributed by atoms with Gasteiger partial charge in [0.2, 0.25) is 0 Å². The molecule has 3 aromatic heterocycles. The molecule has 0 aliphatic carbocycles. The second-order valence-electron chi connectivity index (χ2n) is 6.47. The van der Waals surface area contributed by atoms with Gasteiger partial charge in [-0.05, 0) is 24.3 Å². The van der Waals surface area contributed by atoms with Crippen LogP contribution in [0, 0.1) is 0 Å². The predicted octanol–water partition coefficient (Wildman–Crippen LogP) is 6.65. The van der Waals surface area contributed by atoms with Crippen LogP contribution in [-0.2, 0) is 0 Å². The molecule has 3 heterocycles. The lowest BCUT2D eigenvalue weighted by atomic mass is 10.1. The van der Waals surface area contributed by atoms with Gasteiger partial charge in [-0.25, -0.2) is 4.98 Å². The summed E-state index contributed by atoms with van der Waals surface area (Å²) < 4.78 is 17.8. The fourth-order valence-electron chi connectivity index (χ4n) is 3.52. The van der Waals surface area contributed by atoms with Gasteiger partial charge >= 0.3 is 0 Å². The summed E-state index contributed by atoms with van der Waals surface area (Å²) in [7, 11) is 0. The smallest absolute Gasteiger partial charge is 0.264 e. The van der Waals surface area contributed by atoms with Gasteiger partial charge in [-0.3, -0.25) is 0 Å². The van der Waals surface area contributed by atoms with E-state index in [2.05, 4.69) is 0 Å². The zero-order valence-electron chi connectivity index (χ0n) is 14.2. The second-order valence-corrected chi connectivity index (χ2v) is 6.47. The Hall–Kier alpha value is -3.79. The Morgan fingerprint density at radius 1 is 0.704 bits per heavy atom. The first-order valence-electron chi connectivity index (χ1n) is 8.72. The predicted molar refractivity (Wildman–Crippen MR) is 104 cm³/mol. The average Bonchev–Trinajstić information content (AvgIpc) is 3.42. The molecule has 4 heteroatoms. The topological polar surface area (TPSA) is 52.3 Å². The lowest BCUT2D eigenvalue weighted by molar-refractivity contribution is 0.538. The highest BCUT2D eigenvalue weighted by atomic mass is 16.4. The van der Waals surface area contributed by atoms with Gasteiger partial charge < -0.3 is 13.3 Å². The molecule has 0 saturated heterocycles. The third kappa shape index (κ3) is 2.13. The van der Waals surface area contributed by atoms with Crippen molar-refractivity contribution < 1.29 is 13.3 Å². The van der Waals surface area contributed by atoms with Crippen molar-refractivity contribution >= 4 is 32.8 Å². The van der Waals surface area contributed by atoms with Crippen LogP contribution in [0.4, 0.5) is 0 Å². The average molecular weight is 351 g/mol. The SMILES string of the molecule is c1ccc2oc(-c3cccc4oc(-c5occ6ccccc56)nc34)cc2c1. The van der Waals surface area contributed by atoms with Crippen molar-refractivity contribution in [2.75, 3.05) is 0 Å². The zero-order chi connectivity index (χ0) is 17.8. The molecule has 0 saturated carbocycles. The van der Waals surface area contributed by atoms with Gasteiger partial charge in [-0.1, -0.05) is 48.5 Å². The Labute approximate surface area is 153 Å². The summed E-state index contributed by atoms with van der Waals surface area (Å²) in [6, 6.07) is 23.8. The number of hydrogen-bond acceptors (Lipinski definition) is 4. The molecule has 0 amide bonds. The maximum absolute atomic E-state index is 6.03. The highest BCUT2D eigenvalue weighted by Gasteiger charge is 2.18. The monoisotopic (exact) mass is 351 g/mol. The van der Waals surface area contributed by atoms with E-state index in [-0.39, 0.29) is 0 Å². The Morgan fingerprint density at radius 2 is 1.52 bits per heavy atom. The van der Waals surface area contributed by atoms with E-state index >= 15 is 0 Å². The largest absolute Gasteiger partial charge is 0.458 e. The molecule has 0 atom stereocenters. The normalized spacial score (nSPS) is 11.7. The summed E-state index contributed by atoms with van der Waals surface area (Å²) in [4.78, 5) is 4.73. The van der Waals surface area contributed by atoms with Crippen LogP contribution in [0.25, 0.3) is 55.8 Å². The Bertz CT molecular complexity index is 1400. The maximum Gasteiger partial charge on any atom is 0.264 e. The highest BCUT2D eigenvalue weighted by Crippen LogP contribution is 2.36. The van der Waals surface area contributed by atoms with Crippen molar-refractivity contribution in [2.24, 2.45) is 0 Å². The van der Waals surface area contributed by atoms with Crippen molar-refractivity contribution in [1.82, 2.24) is 4.98 Å². The number of aromatic nitrogens is 1. The summed E-state index contributed by atoms with van der Waals surface area (Å²) >= 11 is 0. The van der Waals surface area contributed by atoms with E-state index in [1.54, 1.807) is 6.26 Å². The number of nitrogens with zero attached hydrogens (tertiary/aromatic N) is 1. The van der Waals surface area contributed by atoms with E-state index in [0.29, 0.717) is 17.2 Å². The molecule has 4 nitrogen and oxygen atoms in total. The molecule has 0 spiro atoms. The lowest BCUT2D eigenvalue weighted by Crippen LogP contribution is -1.78. The number of para-hydroxylation sites is 2. The van der Waals surface area contributed by atoms with E-state index < -0.39 is 0 Å². The summed E-state index contributed by atoms with van der Waals surface area (Å²) in [6.07, 6.45) is 1.72. The minimum absolute atomic E-state index is 0.467. The summed E-state index contributed by atoms with van der Waals surface area (Å²) in [5.74, 6) is 1.87. The van der Waals surface area contributed by atoms with Crippen LogP contribution in [0.1, 0.15) is 0 Å². The highest BCUT2D eigenvalue weighted by molar-refractivity contribution is 5.96. The van der Waals surface area contributed by atoms with E-state index in [4.69, 9.17) is 18.2 Å². The van der Waals surface area contributed by atoms with Crippen molar-refractivity contribution in [3.63, 3.8) is 0 Å². The van der Waals surface area contributed by atoms with Gasteiger partial charge in [-0.2, -0.15) is 0 Å². The molecular weight excluding hydrogens is 338 g/mol. The lowest BCUT2D eigenvalue weighted by Gasteiger charge is -1.96. The first-order chi connectivity index (χ1) is 13.4. The van der Waals surface area contributed by atoms with Crippen LogP contribution >= 0.6 is 0 Å². The van der Waals surface area contributed by atoms with Crippen LogP contribution in [0.5, 0.6) is 0 Å². The maximum atomic E-state index is 6.03. The van der Waals surface area contributed by atoms with E-state index in [1.165, 1.54) is 0 Å². The molecule has 0 N–H and O–H groups in total. The van der Waals surface area contributed by atoms with Crippen molar-refractivity contribution in [3.05, 3.63) is 79.1 Å². The van der Waals surface area contributed by atoms with Crippen molar-refractivity contribution in [3.8, 4) is 23.0 Å². The first kappa shape index (κ1) is 14.4. The summed E-state index contributed by atoms with van der Waals surface area (Å²) in [5.41, 5.74) is 3.20. The number of benzene rings is 3. The zero-order valence-corrected chi connectivity index (χ0v) is 14.2. The third-order valence-electron chi connectivity index (χ3n) is 4.81. The van der Waals surface area contributed by atoms with Gasteiger partial charge in [-0.15, -0.1) is 0 Å². The molecule has 6 rings (SSSR count). The fraction of sp³-hybridized carbons (Fsp3) is 0. The van der Waals surface area contributed by atoms with Crippen LogP contribution in [0.15, 0.2) is 92.3 Å². The second kappa shape index (κ2) is 5.35. The number of furan rings is 2. The van der Waals surface area contributed by atoms with Gasteiger partial charge in [0.05, 0.1) is 6.26 Å². The molecule has 0 radical (unpaired) electrons. The van der Waals surface area contributed by atoms with Crippen LogP contribution in [0.3, 0.4) is 0 Å². The first-order valence-corrected chi connectivity index (χ1v) is 8.72. The van der Waals surface area contributed by atoms with Gasteiger partial charge in [0.1, 0.15) is 16.9 Å². The number of fused-ring (bicyclic) bond motifs is 3. The van der Waals surface area contributed by atoms with Crippen molar-refractivity contribution in [1.29, 1.82) is 0 Å². The molecule has 27 heavy (non-hydrogen) atoms. The Balaban J connectivity index is 1.57. The number of rotatable bonds is 2. The molecule has 0 unspecified atom stereocenters. The van der Waals surface area contributed by atoms with Crippen LogP contribution < -0.4 is 0 Å². The molecule has 0 bridgehead atoms. The van der Waals surface area contributed by atoms with Gasteiger partial charge in [0, 0.05) is 21.7 Å². The quantitative estimate of drug-likeness (QED) is 0.350. The molecule has 0 aliphatic heterocycles. The minimum Gasteiger partial charge on any atom is -0.458 e. The van der Waals surface area contributed by atoms with E-state index in [0.717, 1.165) is 38.6 Å². The van der Waals surface area contributed by atoms with Crippen LogP contribution in [0.2, 0.25) is 0 Å². The van der Waals surface area contributed by atoms with Crippen molar-refractivity contribution in [2.45, 2.75) is 0 Å².